The molecule has 4 heteroatoms. The van der Waals surface area contributed by atoms with Gasteiger partial charge in [0.05, 0.1) is 0 Å². The van der Waals surface area contributed by atoms with E-state index in [0.29, 0.717) is 0 Å². The standard InChI is InChI=1S/C15H24.H3NO2S/c1-11(2)8-14-7-6-13(5)10-15(14)9-12(3)4;1-4(2)3/h6-7,10-12H,8-9H2,1-5H3;4H,(H2,1,2,3). The SMILES string of the molecule is Cc1ccc(CC(C)C)c(CC(C)C)c1.N[SH](=O)=O. The van der Waals surface area contributed by atoms with Gasteiger partial charge in [0, 0.05) is 0 Å². The van der Waals surface area contributed by atoms with Gasteiger partial charge in [-0.05, 0) is 42.7 Å². The van der Waals surface area contributed by atoms with Crippen LogP contribution < -0.4 is 5.14 Å². The lowest BCUT2D eigenvalue weighted by Gasteiger charge is -2.14. The van der Waals surface area contributed by atoms with Crippen molar-refractivity contribution in [1.82, 2.24) is 0 Å². The monoisotopic (exact) mass is 285 g/mol. The molecular weight excluding hydrogens is 258 g/mol. The smallest absolute Gasteiger partial charge is 0.198 e. The summed E-state index contributed by atoms with van der Waals surface area (Å²) in [6.45, 7) is 11.4. The van der Waals surface area contributed by atoms with E-state index in [1.165, 1.54) is 18.4 Å². The largest absolute Gasteiger partial charge is 0.231 e. The molecular formula is C15H27NO2S. The topological polar surface area (TPSA) is 60.2 Å². The summed E-state index contributed by atoms with van der Waals surface area (Å²) in [6, 6.07) is 6.91. The van der Waals surface area contributed by atoms with Gasteiger partial charge in [0.25, 0.3) is 0 Å². The summed E-state index contributed by atoms with van der Waals surface area (Å²) in [4.78, 5) is 0. The van der Waals surface area contributed by atoms with Crippen LogP contribution >= 0.6 is 0 Å². The minimum absolute atomic E-state index is 0.748. The van der Waals surface area contributed by atoms with Crippen LogP contribution in [0.25, 0.3) is 0 Å². The van der Waals surface area contributed by atoms with E-state index in [4.69, 9.17) is 8.42 Å². The Balaban J connectivity index is 0.000000711. The first kappa shape index (κ1) is 18.1. The van der Waals surface area contributed by atoms with Crippen LogP contribution in [0.15, 0.2) is 18.2 Å². The lowest BCUT2D eigenvalue weighted by Crippen LogP contribution is -2.03. The van der Waals surface area contributed by atoms with Crippen LogP contribution in [0.5, 0.6) is 0 Å². The van der Waals surface area contributed by atoms with Gasteiger partial charge in [0.15, 0.2) is 10.9 Å². The van der Waals surface area contributed by atoms with E-state index >= 15 is 0 Å². The van der Waals surface area contributed by atoms with Gasteiger partial charge in [0.1, 0.15) is 0 Å². The molecule has 0 atom stereocenters. The molecule has 0 aliphatic carbocycles. The fourth-order valence-electron chi connectivity index (χ4n) is 2.02. The highest BCUT2D eigenvalue weighted by atomic mass is 32.2. The molecule has 0 aliphatic rings. The molecule has 0 aliphatic heterocycles. The molecule has 0 saturated carbocycles. The van der Waals surface area contributed by atoms with Crippen molar-refractivity contribution in [2.75, 3.05) is 0 Å². The summed E-state index contributed by atoms with van der Waals surface area (Å²) < 4.78 is 17.6. The molecule has 1 rings (SSSR count). The van der Waals surface area contributed by atoms with Gasteiger partial charge in [-0.1, -0.05) is 51.5 Å². The molecule has 3 nitrogen and oxygen atoms in total. The van der Waals surface area contributed by atoms with Gasteiger partial charge in [-0.25, -0.2) is 13.6 Å². The molecule has 2 N–H and O–H groups in total. The molecule has 0 aromatic heterocycles. The molecule has 110 valence electrons. The summed E-state index contributed by atoms with van der Waals surface area (Å²) in [7, 11) is -2.62. The summed E-state index contributed by atoms with van der Waals surface area (Å²) in [6.07, 6.45) is 2.42. The minimum atomic E-state index is -2.62. The van der Waals surface area contributed by atoms with Crippen molar-refractivity contribution >= 4 is 10.9 Å². The molecule has 19 heavy (non-hydrogen) atoms. The van der Waals surface area contributed by atoms with Crippen LogP contribution in [-0.4, -0.2) is 8.42 Å². The molecule has 0 spiro atoms. The van der Waals surface area contributed by atoms with Crippen molar-refractivity contribution in [3.05, 3.63) is 34.9 Å². The Morgan fingerprint density at radius 3 is 1.84 bits per heavy atom. The predicted molar refractivity (Wildman–Crippen MR) is 82.8 cm³/mol. The van der Waals surface area contributed by atoms with Crippen molar-refractivity contribution in [2.45, 2.75) is 47.5 Å². The van der Waals surface area contributed by atoms with Crippen LogP contribution in [0.1, 0.15) is 44.4 Å². The molecule has 0 amide bonds. The molecule has 0 unspecified atom stereocenters. The third-order valence-electron chi connectivity index (χ3n) is 2.62. The van der Waals surface area contributed by atoms with E-state index in [-0.39, 0.29) is 0 Å². The Morgan fingerprint density at radius 1 is 1.00 bits per heavy atom. The third-order valence-corrected chi connectivity index (χ3v) is 2.62. The second-order valence-electron chi connectivity index (χ2n) is 5.75. The maximum Gasteiger partial charge on any atom is 0.198 e. The highest BCUT2D eigenvalue weighted by Crippen LogP contribution is 2.19. The zero-order valence-electron chi connectivity index (χ0n) is 12.6. The van der Waals surface area contributed by atoms with E-state index in [1.54, 1.807) is 11.1 Å². The quantitative estimate of drug-likeness (QED) is 0.836. The Hall–Kier alpha value is -0.870. The van der Waals surface area contributed by atoms with Gasteiger partial charge < -0.3 is 0 Å². The van der Waals surface area contributed by atoms with E-state index < -0.39 is 10.9 Å². The molecule has 0 fully saturated rings. The molecule has 1 aromatic carbocycles. The number of aryl methyl sites for hydroxylation is 1. The average Bonchev–Trinajstić information content (AvgIpc) is 2.19. The van der Waals surface area contributed by atoms with E-state index in [1.807, 2.05) is 0 Å². The highest BCUT2D eigenvalue weighted by Gasteiger charge is 2.06. The lowest BCUT2D eigenvalue weighted by atomic mass is 9.92. The van der Waals surface area contributed by atoms with Crippen molar-refractivity contribution in [1.29, 1.82) is 0 Å². The first-order valence-electron chi connectivity index (χ1n) is 6.69. The fraction of sp³-hybridized carbons (Fsp3) is 0.600. The van der Waals surface area contributed by atoms with E-state index in [9.17, 15) is 0 Å². The van der Waals surface area contributed by atoms with Gasteiger partial charge in [-0.2, -0.15) is 0 Å². The Bertz CT molecular complexity index is 443. The van der Waals surface area contributed by atoms with Crippen LogP contribution in [-0.2, 0) is 23.7 Å². The van der Waals surface area contributed by atoms with E-state index in [2.05, 4.69) is 58.0 Å². The second kappa shape index (κ2) is 9.10. The Morgan fingerprint density at radius 2 is 1.42 bits per heavy atom. The van der Waals surface area contributed by atoms with Gasteiger partial charge in [-0.15, -0.1) is 0 Å². The normalized spacial score (nSPS) is 10.8. The average molecular weight is 285 g/mol. The molecule has 0 bridgehead atoms. The first-order valence-corrected chi connectivity index (χ1v) is 7.94. The second-order valence-corrected chi connectivity index (χ2v) is 6.32. The number of hydrogen-bond donors (Lipinski definition) is 2. The number of rotatable bonds is 4. The molecule has 1 aromatic rings. The van der Waals surface area contributed by atoms with Crippen molar-refractivity contribution in [3.63, 3.8) is 0 Å². The van der Waals surface area contributed by atoms with Crippen molar-refractivity contribution in [3.8, 4) is 0 Å². The number of hydrogen-bond acceptors (Lipinski definition) is 2. The minimum Gasteiger partial charge on any atom is -0.231 e. The van der Waals surface area contributed by atoms with Gasteiger partial charge in [0.2, 0.25) is 0 Å². The zero-order valence-corrected chi connectivity index (χ0v) is 13.5. The molecule has 0 heterocycles. The Labute approximate surface area is 119 Å². The van der Waals surface area contributed by atoms with Crippen LogP contribution in [0.4, 0.5) is 0 Å². The fourth-order valence-corrected chi connectivity index (χ4v) is 2.02. The summed E-state index contributed by atoms with van der Waals surface area (Å²) in [5.74, 6) is 1.50. The van der Waals surface area contributed by atoms with Crippen molar-refractivity contribution < 1.29 is 8.42 Å². The summed E-state index contributed by atoms with van der Waals surface area (Å²) in [5.41, 5.74) is 4.49. The number of nitrogens with two attached hydrogens (primary N) is 1. The molecule has 0 radical (unpaired) electrons. The Kier molecular flexibility index (Phi) is 8.68. The maximum absolute atomic E-state index is 8.81. The highest BCUT2D eigenvalue weighted by molar-refractivity contribution is 7.69. The van der Waals surface area contributed by atoms with Crippen LogP contribution in [0.2, 0.25) is 0 Å². The van der Waals surface area contributed by atoms with Crippen molar-refractivity contribution in [2.24, 2.45) is 17.0 Å². The van der Waals surface area contributed by atoms with Gasteiger partial charge in [-0.3, -0.25) is 0 Å². The van der Waals surface area contributed by atoms with Crippen LogP contribution in [0.3, 0.4) is 0 Å². The lowest BCUT2D eigenvalue weighted by molar-refractivity contribution is 0.615. The number of benzene rings is 1. The number of thiol groups is 1. The predicted octanol–water partition coefficient (Wildman–Crippen LogP) is 2.86. The summed E-state index contributed by atoms with van der Waals surface area (Å²) >= 11 is 0. The third kappa shape index (κ3) is 9.68. The van der Waals surface area contributed by atoms with Crippen LogP contribution in [0, 0.1) is 18.8 Å². The summed E-state index contributed by atoms with van der Waals surface area (Å²) in [5, 5.41) is 4.06. The molecule has 0 saturated heterocycles. The maximum atomic E-state index is 8.81. The van der Waals surface area contributed by atoms with Gasteiger partial charge >= 0.3 is 0 Å². The van der Waals surface area contributed by atoms with E-state index in [0.717, 1.165) is 11.8 Å². The first-order chi connectivity index (χ1) is 8.72. The zero-order chi connectivity index (χ0) is 15.0.